The molecule has 0 aromatic heterocycles. The molecule has 144 valence electrons. The quantitative estimate of drug-likeness (QED) is 0.597. The summed E-state index contributed by atoms with van der Waals surface area (Å²) in [4.78, 5) is 15.1. The van der Waals surface area contributed by atoms with Crippen molar-refractivity contribution in [2.24, 2.45) is 0 Å². The van der Waals surface area contributed by atoms with Crippen molar-refractivity contribution in [3.05, 3.63) is 64.2 Å². The molecule has 0 bridgehead atoms. The van der Waals surface area contributed by atoms with Gasteiger partial charge in [-0.25, -0.2) is 13.1 Å². The van der Waals surface area contributed by atoms with E-state index in [0.29, 0.717) is 18.8 Å². The topological polar surface area (TPSA) is 95.8 Å². The van der Waals surface area contributed by atoms with Crippen molar-refractivity contribution >= 4 is 21.4 Å². The van der Waals surface area contributed by atoms with Gasteiger partial charge in [-0.05, 0) is 24.7 Å². The van der Waals surface area contributed by atoms with Gasteiger partial charge in [0.05, 0.1) is 9.82 Å². The fourth-order valence-electron chi connectivity index (χ4n) is 3.19. The van der Waals surface area contributed by atoms with Crippen molar-refractivity contribution in [1.29, 1.82) is 0 Å². The SMILES string of the molecule is CNS(=O)(=O)c1ccc(N2CCN(Cc3ccccc3)CC2)c([N+](=O)[O-])c1. The highest BCUT2D eigenvalue weighted by atomic mass is 32.2. The van der Waals surface area contributed by atoms with E-state index in [1.54, 1.807) is 0 Å². The van der Waals surface area contributed by atoms with E-state index in [1.807, 2.05) is 23.1 Å². The van der Waals surface area contributed by atoms with Gasteiger partial charge in [0, 0.05) is 38.8 Å². The monoisotopic (exact) mass is 390 g/mol. The number of nitro groups is 1. The number of nitro benzene ring substituents is 1. The molecule has 9 heteroatoms. The Kier molecular flexibility index (Phi) is 5.73. The molecular formula is C18H22N4O4S. The Hall–Kier alpha value is -2.49. The largest absolute Gasteiger partial charge is 0.363 e. The number of rotatable bonds is 6. The second kappa shape index (κ2) is 8.03. The van der Waals surface area contributed by atoms with E-state index in [-0.39, 0.29) is 10.6 Å². The Labute approximate surface area is 158 Å². The van der Waals surface area contributed by atoms with Crippen LogP contribution in [0.2, 0.25) is 0 Å². The van der Waals surface area contributed by atoms with Crippen LogP contribution >= 0.6 is 0 Å². The predicted molar refractivity (Wildman–Crippen MR) is 103 cm³/mol. The summed E-state index contributed by atoms with van der Waals surface area (Å²) in [7, 11) is -2.45. The molecule has 1 heterocycles. The van der Waals surface area contributed by atoms with Crippen molar-refractivity contribution in [1.82, 2.24) is 9.62 Å². The van der Waals surface area contributed by atoms with Gasteiger partial charge in [0.25, 0.3) is 5.69 Å². The maximum atomic E-state index is 11.9. The molecule has 0 radical (unpaired) electrons. The van der Waals surface area contributed by atoms with Gasteiger partial charge in [-0.15, -0.1) is 0 Å². The molecule has 0 atom stereocenters. The van der Waals surface area contributed by atoms with E-state index < -0.39 is 14.9 Å². The minimum atomic E-state index is -3.73. The van der Waals surface area contributed by atoms with Gasteiger partial charge in [0.2, 0.25) is 10.0 Å². The lowest BCUT2D eigenvalue weighted by Gasteiger charge is -2.35. The summed E-state index contributed by atoms with van der Waals surface area (Å²) >= 11 is 0. The van der Waals surface area contributed by atoms with E-state index in [2.05, 4.69) is 21.8 Å². The summed E-state index contributed by atoms with van der Waals surface area (Å²) in [5.74, 6) is 0. The van der Waals surface area contributed by atoms with E-state index in [9.17, 15) is 18.5 Å². The minimum Gasteiger partial charge on any atom is -0.363 e. The van der Waals surface area contributed by atoms with Crippen molar-refractivity contribution < 1.29 is 13.3 Å². The molecule has 27 heavy (non-hydrogen) atoms. The molecule has 0 spiro atoms. The molecule has 1 fully saturated rings. The molecule has 0 amide bonds. The predicted octanol–water partition coefficient (Wildman–Crippen LogP) is 1.83. The lowest BCUT2D eigenvalue weighted by atomic mass is 10.2. The van der Waals surface area contributed by atoms with Crippen molar-refractivity contribution in [2.75, 3.05) is 38.1 Å². The van der Waals surface area contributed by atoms with Crippen LogP contribution in [0.1, 0.15) is 5.56 Å². The molecule has 8 nitrogen and oxygen atoms in total. The maximum absolute atomic E-state index is 11.9. The van der Waals surface area contributed by atoms with Gasteiger partial charge >= 0.3 is 0 Å². The first-order chi connectivity index (χ1) is 12.9. The summed E-state index contributed by atoms with van der Waals surface area (Å²) in [5, 5.41) is 11.5. The first-order valence-electron chi connectivity index (χ1n) is 8.64. The third kappa shape index (κ3) is 4.44. The Morgan fingerprint density at radius 3 is 2.33 bits per heavy atom. The van der Waals surface area contributed by atoms with Crippen LogP contribution in [-0.4, -0.2) is 51.5 Å². The Morgan fingerprint density at radius 1 is 1.07 bits per heavy atom. The average Bonchev–Trinajstić information content (AvgIpc) is 2.69. The van der Waals surface area contributed by atoms with Crippen LogP contribution in [0.4, 0.5) is 11.4 Å². The molecule has 1 N–H and O–H groups in total. The highest BCUT2D eigenvalue weighted by molar-refractivity contribution is 7.89. The number of piperazine rings is 1. The third-order valence-electron chi connectivity index (χ3n) is 4.68. The van der Waals surface area contributed by atoms with Gasteiger partial charge in [-0.3, -0.25) is 15.0 Å². The van der Waals surface area contributed by atoms with Gasteiger partial charge < -0.3 is 4.90 Å². The smallest absolute Gasteiger partial charge is 0.293 e. The van der Waals surface area contributed by atoms with E-state index in [4.69, 9.17) is 0 Å². The standard InChI is InChI=1S/C18H22N4O4S/c1-19-27(25,26)16-7-8-17(18(13-16)22(23)24)21-11-9-20(10-12-21)14-15-5-3-2-4-6-15/h2-8,13,19H,9-12,14H2,1H3. The Bertz CT molecular complexity index is 910. The molecule has 0 aliphatic carbocycles. The second-order valence-corrected chi connectivity index (χ2v) is 8.25. The zero-order chi connectivity index (χ0) is 19.4. The van der Waals surface area contributed by atoms with Gasteiger partial charge in [-0.1, -0.05) is 30.3 Å². The lowest BCUT2D eigenvalue weighted by molar-refractivity contribution is -0.384. The van der Waals surface area contributed by atoms with Crippen molar-refractivity contribution in [3.63, 3.8) is 0 Å². The normalized spacial score (nSPS) is 15.7. The van der Waals surface area contributed by atoms with Crippen molar-refractivity contribution in [3.8, 4) is 0 Å². The van der Waals surface area contributed by atoms with E-state index >= 15 is 0 Å². The summed E-state index contributed by atoms with van der Waals surface area (Å²) < 4.78 is 26.0. The zero-order valence-electron chi connectivity index (χ0n) is 15.0. The van der Waals surface area contributed by atoms with Crippen LogP contribution in [0.25, 0.3) is 0 Å². The Balaban J connectivity index is 1.74. The molecule has 3 rings (SSSR count). The highest BCUT2D eigenvalue weighted by Crippen LogP contribution is 2.31. The summed E-state index contributed by atoms with van der Waals surface area (Å²) in [6.07, 6.45) is 0. The first kappa shape index (κ1) is 19.3. The zero-order valence-corrected chi connectivity index (χ0v) is 15.9. The summed E-state index contributed by atoms with van der Waals surface area (Å²) in [5.41, 5.74) is 1.50. The van der Waals surface area contributed by atoms with E-state index in [1.165, 1.54) is 24.7 Å². The molecule has 1 aliphatic rings. The first-order valence-corrected chi connectivity index (χ1v) is 10.1. The van der Waals surface area contributed by atoms with Crippen LogP contribution in [-0.2, 0) is 16.6 Å². The van der Waals surface area contributed by atoms with Crippen molar-refractivity contribution in [2.45, 2.75) is 11.4 Å². The third-order valence-corrected chi connectivity index (χ3v) is 6.10. The molecule has 2 aromatic carbocycles. The van der Waals surface area contributed by atoms with Gasteiger partial charge in [-0.2, -0.15) is 0 Å². The van der Waals surface area contributed by atoms with Crippen LogP contribution in [0.15, 0.2) is 53.4 Å². The number of nitrogens with one attached hydrogen (secondary N) is 1. The summed E-state index contributed by atoms with van der Waals surface area (Å²) in [6, 6.07) is 14.2. The summed E-state index contributed by atoms with van der Waals surface area (Å²) in [6.45, 7) is 3.69. The molecule has 2 aromatic rings. The number of sulfonamides is 1. The number of anilines is 1. The van der Waals surface area contributed by atoms with Crippen LogP contribution in [0.5, 0.6) is 0 Å². The van der Waals surface area contributed by atoms with Gasteiger partial charge in [0.15, 0.2) is 0 Å². The molecule has 1 saturated heterocycles. The van der Waals surface area contributed by atoms with Crippen LogP contribution < -0.4 is 9.62 Å². The highest BCUT2D eigenvalue weighted by Gasteiger charge is 2.26. The molecule has 1 aliphatic heterocycles. The van der Waals surface area contributed by atoms with Crippen LogP contribution in [0, 0.1) is 10.1 Å². The minimum absolute atomic E-state index is 0.108. The number of benzene rings is 2. The number of nitrogens with zero attached hydrogens (tertiary/aromatic N) is 3. The maximum Gasteiger partial charge on any atom is 0.293 e. The fourth-order valence-corrected chi connectivity index (χ4v) is 3.94. The molecule has 0 unspecified atom stereocenters. The molecular weight excluding hydrogens is 368 g/mol. The Morgan fingerprint density at radius 2 is 1.74 bits per heavy atom. The average molecular weight is 390 g/mol. The number of hydrogen-bond donors (Lipinski definition) is 1. The number of hydrogen-bond acceptors (Lipinski definition) is 6. The molecule has 0 saturated carbocycles. The second-order valence-electron chi connectivity index (χ2n) is 6.36. The van der Waals surface area contributed by atoms with E-state index in [0.717, 1.165) is 25.7 Å². The fraction of sp³-hybridized carbons (Fsp3) is 0.333. The van der Waals surface area contributed by atoms with Crippen LogP contribution in [0.3, 0.4) is 0 Å². The van der Waals surface area contributed by atoms with Gasteiger partial charge in [0.1, 0.15) is 5.69 Å². The lowest BCUT2D eigenvalue weighted by Crippen LogP contribution is -2.46.